The summed E-state index contributed by atoms with van der Waals surface area (Å²) in [6, 6.07) is 2.25. The van der Waals surface area contributed by atoms with Crippen molar-refractivity contribution in [3.05, 3.63) is 11.8 Å². The number of hydrogen-bond acceptors (Lipinski definition) is 4. The van der Waals surface area contributed by atoms with E-state index in [1.165, 1.54) is 0 Å². The van der Waals surface area contributed by atoms with Gasteiger partial charge in [0.25, 0.3) is 5.88 Å². The van der Waals surface area contributed by atoms with Gasteiger partial charge in [-0.3, -0.25) is 5.32 Å². The van der Waals surface area contributed by atoms with E-state index in [-0.39, 0.29) is 0 Å². The second-order valence-corrected chi connectivity index (χ2v) is 3.53. The number of nitrogens with zero attached hydrogens (tertiary/aromatic N) is 1. The van der Waals surface area contributed by atoms with Gasteiger partial charge >= 0.3 is 0 Å². The van der Waals surface area contributed by atoms with Crippen LogP contribution in [0.15, 0.2) is 10.6 Å². The lowest BCUT2D eigenvalue weighted by atomic mass is 10.3. The Morgan fingerprint density at radius 1 is 1.57 bits per heavy atom. The van der Waals surface area contributed by atoms with Crippen LogP contribution in [0.5, 0.6) is 5.88 Å². The summed E-state index contributed by atoms with van der Waals surface area (Å²) < 4.78 is 10.4. The van der Waals surface area contributed by atoms with Crippen LogP contribution in [0.4, 0.5) is 0 Å². The van der Waals surface area contributed by atoms with E-state index in [1.54, 1.807) is 0 Å². The van der Waals surface area contributed by atoms with Gasteiger partial charge in [0.15, 0.2) is 0 Å². The molecule has 0 unspecified atom stereocenters. The van der Waals surface area contributed by atoms with Crippen LogP contribution < -0.4 is 10.1 Å². The average Bonchev–Trinajstić information content (AvgIpc) is 2.53. The maximum atomic E-state index is 5.33. The second-order valence-electron chi connectivity index (χ2n) is 3.53. The van der Waals surface area contributed by atoms with E-state index in [4.69, 9.17) is 9.26 Å². The Labute approximate surface area is 84.6 Å². The predicted molar refractivity (Wildman–Crippen MR) is 54.3 cm³/mol. The van der Waals surface area contributed by atoms with Crippen molar-refractivity contribution in [1.29, 1.82) is 0 Å². The minimum Gasteiger partial charge on any atom is -0.460 e. The summed E-state index contributed by atoms with van der Waals surface area (Å²) in [6.45, 7) is 6.70. The zero-order chi connectivity index (χ0) is 10.4. The van der Waals surface area contributed by atoms with E-state index < -0.39 is 0 Å². The number of aromatic nitrogens is 1. The van der Waals surface area contributed by atoms with Crippen molar-refractivity contribution in [3.8, 4) is 5.88 Å². The second kappa shape index (κ2) is 5.65. The molecular weight excluding hydrogens is 180 g/mol. The van der Waals surface area contributed by atoms with Gasteiger partial charge in [-0.25, -0.2) is 0 Å². The van der Waals surface area contributed by atoms with E-state index >= 15 is 0 Å². The maximum absolute atomic E-state index is 5.33. The maximum Gasteiger partial charge on any atom is 0.255 e. The third-order valence-corrected chi connectivity index (χ3v) is 1.75. The molecule has 0 aliphatic carbocycles. The zero-order valence-corrected chi connectivity index (χ0v) is 9.04. The summed E-state index contributed by atoms with van der Waals surface area (Å²) in [7, 11) is 0. The number of rotatable bonds is 6. The number of ether oxygens (including phenoxy) is 1. The molecule has 14 heavy (non-hydrogen) atoms. The first-order valence-electron chi connectivity index (χ1n) is 5.04. The summed E-state index contributed by atoms with van der Waals surface area (Å²) in [6.07, 6.45) is 1.97. The van der Waals surface area contributed by atoms with Crippen molar-refractivity contribution in [1.82, 2.24) is 10.5 Å². The fourth-order valence-corrected chi connectivity index (χ4v) is 1.01. The highest BCUT2D eigenvalue weighted by Crippen LogP contribution is 2.12. The largest absolute Gasteiger partial charge is 0.460 e. The van der Waals surface area contributed by atoms with Gasteiger partial charge in [0.1, 0.15) is 12.5 Å². The normalized spacial score (nSPS) is 10.9. The van der Waals surface area contributed by atoms with Crippen molar-refractivity contribution < 1.29 is 9.26 Å². The molecule has 4 nitrogen and oxygen atoms in total. The first-order chi connectivity index (χ1) is 6.72. The molecule has 0 amide bonds. The Morgan fingerprint density at radius 3 is 3.00 bits per heavy atom. The number of aryl methyl sites for hydroxylation is 1. The molecule has 0 aromatic carbocycles. The van der Waals surface area contributed by atoms with Crippen molar-refractivity contribution in [2.75, 3.05) is 6.73 Å². The van der Waals surface area contributed by atoms with E-state index in [1.807, 2.05) is 6.07 Å². The van der Waals surface area contributed by atoms with Crippen molar-refractivity contribution in [2.45, 2.75) is 39.7 Å². The SMILES string of the molecule is CCCc1cc(OCNC(C)C)no1. The lowest BCUT2D eigenvalue weighted by Gasteiger charge is -2.06. The monoisotopic (exact) mass is 198 g/mol. The molecule has 4 heteroatoms. The fourth-order valence-electron chi connectivity index (χ4n) is 1.01. The molecule has 0 radical (unpaired) electrons. The van der Waals surface area contributed by atoms with Crippen LogP contribution in [0.3, 0.4) is 0 Å². The Hall–Kier alpha value is -1.03. The van der Waals surface area contributed by atoms with Crippen LogP contribution in [0.1, 0.15) is 33.0 Å². The Morgan fingerprint density at radius 2 is 2.36 bits per heavy atom. The topological polar surface area (TPSA) is 47.3 Å². The van der Waals surface area contributed by atoms with Crippen molar-refractivity contribution in [3.63, 3.8) is 0 Å². The quantitative estimate of drug-likeness (QED) is 0.710. The molecule has 1 rings (SSSR count). The van der Waals surface area contributed by atoms with Crippen LogP contribution in [-0.2, 0) is 6.42 Å². The molecular formula is C10H18N2O2. The van der Waals surface area contributed by atoms with Crippen LogP contribution in [0.25, 0.3) is 0 Å². The summed E-state index contributed by atoms with van der Waals surface area (Å²) in [4.78, 5) is 0. The van der Waals surface area contributed by atoms with Gasteiger partial charge in [0.05, 0.1) is 0 Å². The van der Waals surface area contributed by atoms with E-state index in [0.29, 0.717) is 18.7 Å². The number of nitrogens with one attached hydrogen (secondary N) is 1. The van der Waals surface area contributed by atoms with Crippen molar-refractivity contribution >= 4 is 0 Å². The molecule has 0 spiro atoms. The molecule has 0 saturated carbocycles. The minimum atomic E-state index is 0.414. The fraction of sp³-hybridized carbons (Fsp3) is 0.700. The Balaban J connectivity index is 2.28. The molecule has 1 heterocycles. The lowest BCUT2D eigenvalue weighted by molar-refractivity contribution is 0.243. The summed E-state index contributed by atoms with van der Waals surface area (Å²) in [5, 5.41) is 6.93. The first kappa shape index (κ1) is 11.0. The Kier molecular flexibility index (Phi) is 4.46. The van der Waals surface area contributed by atoms with Crippen molar-refractivity contribution in [2.24, 2.45) is 0 Å². The van der Waals surface area contributed by atoms with Gasteiger partial charge in [-0.2, -0.15) is 0 Å². The van der Waals surface area contributed by atoms with Gasteiger partial charge in [0.2, 0.25) is 0 Å². The molecule has 1 N–H and O–H groups in total. The van der Waals surface area contributed by atoms with Crippen LogP contribution in [0.2, 0.25) is 0 Å². The summed E-state index contributed by atoms with van der Waals surface area (Å²) in [5.41, 5.74) is 0. The lowest BCUT2D eigenvalue weighted by Crippen LogP contribution is -2.27. The first-order valence-corrected chi connectivity index (χ1v) is 5.04. The third kappa shape index (κ3) is 3.79. The van der Waals surface area contributed by atoms with E-state index in [9.17, 15) is 0 Å². The summed E-state index contributed by atoms with van der Waals surface area (Å²) in [5.74, 6) is 1.44. The minimum absolute atomic E-state index is 0.414. The van der Waals surface area contributed by atoms with Gasteiger partial charge in [0, 0.05) is 18.5 Å². The molecule has 0 aliphatic rings. The zero-order valence-electron chi connectivity index (χ0n) is 9.04. The van der Waals surface area contributed by atoms with Gasteiger partial charge in [-0.1, -0.05) is 6.92 Å². The van der Waals surface area contributed by atoms with Crippen LogP contribution in [0, 0.1) is 0 Å². The highest BCUT2D eigenvalue weighted by atomic mass is 16.5. The van der Waals surface area contributed by atoms with E-state index in [2.05, 4.69) is 31.2 Å². The molecule has 0 aliphatic heterocycles. The summed E-state index contributed by atoms with van der Waals surface area (Å²) >= 11 is 0. The molecule has 80 valence electrons. The number of hydrogen-bond donors (Lipinski definition) is 1. The van der Waals surface area contributed by atoms with Gasteiger partial charge in [-0.15, -0.1) is 0 Å². The van der Waals surface area contributed by atoms with Gasteiger partial charge in [-0.05, 0) is 25.4 Å². The standard InChI is InChI=1S/C10H18N2O2/c1-4-5-9-6-10(12-14-9)13-7-11-8(2)3/h6,8,11H,4-5,7H2,1-3H3. The highest BCUT2D eigenvalue weighted by Gasteiger charge is 2.03. The molecule has 0 atom stereocenters. The highest BCUT2D eigenvalue weighted by molar-refractivity contribution is 5.10. The Bertz CT molecular complexity index is 258. The van der Waals surface area contributed by atoms with Crippen LogP contribution >= 0.6 is 0 Å². The molecule has 0 bridgehead atoms. The van der Waals surface area contributed by atoms with E-state index in [0.717, 1.165) is 18.6 Å². The molecule has 1 aromatic rings. The smallest absolute Gasteiger partial charge is 0.255 e. The third-order valence-electron chi connectivity index (χ3n) is 1.75. The molecule has 0 saturated heterocycles. The molecule has 1 aromatic heterocycles. The van der Waals surface area contributed by atoms with Crippen LogP contribution in [-0.4, -0.2) is 17.9 Å². The average molecular weight is 198 g/mol. The predicted octanol–water partition coefficient (Wildman–Crippen LogP) is 1.96. The van der Waals surface area contributed by atoms with Gasteiger partial charge < -0.3 is 9.26 Å². The molecule has 0 fully saturated rings.